The summed E-state index contributed by atoms with van der Waals surface area (Å²) in [6, 6.07) is 5.53. The Hall–Kier alpha value is -1.88. The molecule has 0 saturated heterocycles. The number of carbonyl (C=O) groups is 1. The second-order valence-corrected chi connectivity index (χ2v) is 5.80. The molecule has 0 radical (unpaired) electrons. The van der Waals surface area contributed by atoms with Crippen LogP contribution in [0.1, 0.15) is 34.2 Å². The molecule has 5 heteroatoms. The number of hydrogen-bond donors (Lipinski definition) is 0. The molecule has 0 amide bonds. The number of ether oxygens (including phenoxy) is 1. The van der Waals surface area contributed by atoms with Crippen LogP contribution in [0.15, 0.2) is 28.3 Å². The predicted octanol–water partition coefficient (Wildman–Crippen LogP) is 3.76. The maximum atomic E-state index is 11.9. The van der Waals surface area contributed by atoms with Crippen molar-refractivity contribution >= 4 is 17.5 Å². The van der Waals surface area contributed by atoms with Crippen molar-refractivity contribution in [1.82, 2.24) is 9.97 Å². The van der Waals surface area contributed by atoms with Gasteiger partial charge in [-0.15, -0.1) is 0 Å². The van der Waals surface area contributed by atoms with Gasteiger partial charge in [0.2, 0.25) is 0 Å². The van der Waals surface area contributed by atoms with Gasteiger partial charge in [0, 0.05) is 16.3 Å². The van der Waals surface area contributed by atoms with Crippen LogP contribution in [0.2, 0.25) is 0 Å². The van der Waals surface area contributed by atoms with Crippen LogP contribution >= 0.6 is 11.8 Å². The number of carbonyl (C=O) groups excluding carboxylic acids is 1. The Morgan fingerprint density at radius 1 is 1.14 bits per heavy atom. The van der Waals surface area contributed by atoms with Crippen molar-refractivity contribution in [2.45, 2.75) is 37.7 Å². The van der Waals surface area contributed by atoms with Crippen LogP contribution in [0.4, 0.5) is 0 Å². The number of Topliss-reactive ketones (excluding diaryl/α,β-unsaturated/α-hetero) is 1. The molecule has 2 rings (SSSR count). The maximum absolute atomic E-state index is 11.9. The largest absolute Gasteiger partial charge is 0.496 e. The van der Waals surface area contributed by atoms with Crippen molar-refractivity contribution in [3.8, 4) is 5.75 Å². The molecule has 0 bridgehead atoms. The van der Waals surface area contributed by atoms with Gasteiger partial charge in [0.25, 0.3) is 0 Å². The lowest BCUT2D eigenvalue weighted by Crippen LogP contribution is -2.02. The van der Waals surface area contributed by atoms with Crippen LogP contribution in [-0.4, -0.2) is 22.9 Å². The highest BCUT2D eigenvalue weighted by molar-refractivity contribution is 7.99. The third-order valence-corrected chi connectivity index (χ3v) is 4.30. The number of aryl methyl sites for hydroxylation is 2. The van der Waals surface area contributed by atoms with E-state index >= 15 is 0 Å². The molecule has 0 saturated carbocycles. The van der Waals surface area contributed by atoms with Crippen LogP contribution in [0, 0.1) is 20.8 Å². The highest BCUT2D eigenvalue weighted by Gasteiger charge is 2.16. The van der Waals surface area contributed by atoms with Crippen LogP contribution in [0.5, 0.6) is 5.75 Å². The summed E-state index contributed by atoms with van der Waals surface area (Å²) < 4.78 is 5.28. The molecular weight excluding hydrogens is 284 g/mol. The average molecular weight is 302 g/mol. The van der Waals surface area contributed by atoms with Gasteiger partial charge in [0.15, 0.2) is 10.9 Å². The molecule has 4 nitrogen and oxygen atoms in total. The number of ketones is 1. The van der Waals surface area contributed by atoms with Crippen molar-refractivity contribution in [3.63, 3.8) is 0 Å². The first kappa shape index (κ1) is 15.5. The molecule has 1 heterocycles. The van der Waals surface area contributed by atoms with E-state index in [-0.39, 0.29) is 5.78 Å². The van der Waals surface area contributed by atoms with E-state index in [9.17, 15) is 4.79 Å². The molecule has 0 aliphatic carbocycles. The fraction of sp³-hybridized carbons (Fsp3) is 0.312. The van der Waals surface area contributed by atoms with E-state index in [0.717, 1.165) is 21.8 Å². The molecule has 2 aromatic rings. The molecule has 110 valence electrons. The van der Waals surface area contributed by atoms with Crippen LogP contribution in [0.3, 0.4) is 0 Å². The molecule has 0 aliphatic heterocycles. The standard InChI is InChI=1S/C16H18N2O2S/c1-9-10(2)17-16(18-11(9)3)21-14-8-6-7-13(20-5)15(14)12(4)19/h6-8H,1-5H3. The normalized spacial score (nSPS) is 10.5. The lowest BCUT2D eigenvalue weighted by molar-refractivity contribution is 0.101. The van der Waals surface area contributed by atoms with Gasteiger partial charge in [0.05, 0.1) is 12.7 Å². The molecule has 0 N–H and O–H groups in total. The number of rotatable bonds is 4. The van der Waals surface area contributed by atoms with E-state index in [1.54, 1.807) is 13.2 Å². The van der Waals surface area contributed by atoms with Gasteiger partial charge in [-0.3, -0.25) is 4.79 Å². The van der Waals surface area contributed by atoms with Gasteiger partial charge in [-0.2, -0.15) is 0 Å². The number of benzene rings is 1. The minimum Gasteiger partial charge on any atom is -0.496 e. The van der Waals surface area contributed by atoms with Crippen molar-refractivity contribution in [1.29, 1.82) is 0 Å². The summed E-state index contributed by atoms with van der Waals surface area (Å²) in [4.78, 5) is 21.7. The van der Waals surface area contributed by atoms with Crippen LogP contribution in [0.25, 0.3) is 0 Å². The Morgan fingerprint density at radius 3 is 2.29 bits per heavy atom. The van der Waals surface area contributed by atoms with Crippen molar-refractivity contribution in [2.24, 2.45) is 0 Å². The monoisotopic (exact) mass is 302 g/mol. The van der Waals surface area contributed by atoms with E-state index in [0.29, 0.717) is 16.5 Å². The third kappa shape index (κ3) is 3.24. The van der Waals surface area contributed by atoms with E-state index in [1.807, 2.05) is 32.9 Å². The van der Waals surface area contributed by atoms with E-state index in [4.69, 9.17) is 4.74 Å². The highest BCUT2D eigenvalue weighted by atomic mass is 32.2. The summed E-state index contributed by atoms with van der Waals surface area (Å²) in [6.07, 6.45) is 0. The quantitative estimate of drug-likeness (QED) is 0.635. The smallest absolute Gasteiger partial charge is 0.192 e. The lowest BCUT2D eigenvalue weighted by Gasteiger charge is -2.11. The second-order valence-electron chi connectivity index (χ2n) is 4.79. The Bertz CT molecular complexity index is 676. The zero-order valence-corrected chi connectivity index (χ0v) is 13.7. The summed E-state index contributed by atoms with van der Waals surface area (Å²) in [5.74, 6) is 0.545. The van der Waals surface area contributed by atoms with Crippen molar-refractivity contribution < 1.29 is 9.53 Å². The van der Waals surface area contributed by atoms with E-state index in [2.05, 4.69) is 9.97 Å². The Balaban J connectivity index is 2.47. The Morgan fingerprint density at radius 2 is 1.76 bits per heavy atom. The number of hydrogen-bond acceptors (Lipinski definition) is 5. The molecule has 0 fully saturated rings. The number of nitrogens with zero attached hydrogens (tertiary/aromatic N) is 2. The first-order valence-corrected chi connectivity index (χ1v) is 7.43. The third-order valence-electron chi connectivity index (χ3n) is 3.37. The fourth-order valence-corrected chi connectivity index (χ4v) is 3.05. The van der Waals surface area contributed by atoms with Gasteiger partial charge in [-0.25, -0.2) is 9.97 Å². The zero-order chi connectivity index (χ0) is 15.6. The lowest BCUT2D eigenvalue weighted by atomic mass is 10.1. The van der Waals surface area contributed by atoms with Gasteiger partial charge in [0.1, 0.15) is 5.75 Å². The summed E-state index contributed by atoms with van der Waals surface area (Å²) in [6.45, 7) is 7.47. The summed E-state index contributed by atoms with van der Waals surface area (Å²) in [5.41, 5.74) is 3.58. The minimum atomic E-state index is -0.0319. The summed E-state index contributed by atoms with van der Waals surface area (Å²) in [5, 5.41) is 0.645. The zero-order valence-electron chi connectivity index (χ0n) is 12.9. The Labute approximate surface area is 129 Å². The van der Waals surface area contributed by atoms with Crippen molar-refractivity contribution in [2.75, 3.05) is 7.11 Å². The van der Waals surface area contributed by atoms with Gasteiger partial charge in [-0.1, -0.05) is 6.07 Å². The van der Waals surface area contributed by atoms with Crippen LogP contribution < -0.4 is 4.74 Å². The molecule has 0 aliphatic rings. The highest BCUT2D eigenvalue weighted by Crippen LogP contribution is 2.34. The summed E-state index contributed by atoms with van der Waals surface area (Å²) >= 11 is 1.39. The maximum Gasteiger partial charge on any atom is 0.192 e. The fourth-order valence-electron chi connectivity index (χ4n) is 2.00. The summed E-state index contributed by atoms with van der Waals surface area (Å²) in [7, 11) is 1.56. The first-order chi connectivity index (χ1) is 9.93. The van der Waals surface area contributed by atoms with E-state index in [1.165, 1.54) is 18.7 Å². The van der Waals surface area contributed by atoms with Gasteiger partial charge < -0.3 is 4.74 Å². The molecular formula is C16H18N2O2S. The topological polar surface area (TPSA) is 52.1 Å². The minimum absolute atomic E-state index is 0.0319. The van der Waals surface area contributed by atoms with Gasteiger partial charge >= 0.3 is 0 Å². The van der Waals surface area contributed by atoms with E-state index < -0.39 is 0 Å². The molecule has 21 heavy (non-hydrogen) atoms. The van der Waals surface area contributed by atoms with Crippen LogP contribution in [-0.2, 0) is 0 Å². The molecule has 0 atom stereocenters. The second kappa shape index (κ2) is 6.26. The van der Waals surface area contributed by atoms with Crippen molar-refractivity contribution in [3.05, 3.63) is 40.7 Å². The molecule has 0 spiro atoms. The predicted molar refractivity (Wildman–Crippen MR) is 83.4 cm³/mol. The SMILES string of the molecule is COc1cccc(Sc2nc(C)c(C)c(C)n2)c1C(C)=O. The molecule has 1 aromatic carbocycles. The number of methoxy groups -OCH3 is 1. The molecule has 1 aromatic heterocycles. The van der Waals surface area contributed by atoms with Gasteiger partial charge in [-0.05, 0) is 57.2 Å². The molecule has 0 unspecified atom stereocenters. The Kier molecular flexibility index (Phi) is 4.63. The first-order valence-electron chi connectivity index (χ1n) is 6.61. The number of aromatic nitrogens is 2. The average Bonchev–Trinajstić information content (AvgIpc) is 2.44.